The van der Waals surface area contributed by atoms with Crippen LogP contribution in [0.5, 0.6) is 5.75 Å². The second-order valence-electron chi connectivity index (χ2n) is 5.57. The molecule has 2 aromatic rings. The van der Waals surface area contributed by atoms with Gasteiger partial charge in [-0.15, -0.1) is 0 Å². The van der Waals surface area contributed by atoms with Crippen LogP contribution in [0.1, 0.15) is 6.92 Å². The van der Waals surface area contributed by atoms with Crippen molar-refractivity contribution in [1.82, 2.24) is 4.90 Å². The van der Waals surface area contributed by atoms with Crippen LogP contribution < -0.4 is 4.74 Å². The zero-order valence-corrected chi connectivity index (χ0v) is 11.2. The van der Waals surface area contributed by atoms with Gasteiger partial charge in [0.1, 0.15) is 12.4 Å². The second-order valence-corrected chi connectivity index (χ2v) is 5.57. The highest BCUT2D eigenvalue weighted by molar-refractivity contribution is 5.83. The molecule has 0 saturated carbocycles. The van der Waals surface area contributed by atoms with Gasteiger partial charge in [-0.25, -0.2) is 0 Å². The minimum Gasteiger partial charge on any atom is -0.492 e. The van der Waals surface area contributed by atoms with E-state index in [4.69, 9.17) is 4.74 Å². The Hall–Kier alpha value is -1.58. The van der Waals surface area contributed by atoms with E-state index in [0.717, 1.165) is 25.4 Å². The first kappa shape index (κ1) is 12.5. The number of likely N-dealkylation sites (tertiary alicyclic amines) is 1. The molecule has 0 radical (unpaired) electrons. The summed E-state index contributed by atoms with van der Waals surface area (Å²) in [5, 5.41) is 12.1. The number of benzene rings is 2. The lowest BCUT2D eigenvalue weighted by Gasteiger charge is -2.44. The maximum Gasteiger partial charge on any atom is 0.120 e. The van der Waals surface area contributed by atoms with Gasteiger partial charge in [-0.1, -0.05) is 30.3 Å². The van der Waals surface area contributed by atoms with Crippen molar-refractivity contribution in [3.05, 3.63) is 42.5 Å². The van der Waals surface area contributed by atoms with Gasteiger partial charge in [-0.2, -0.15) is 0 Å². The van der Waals surface area contributed by atoms with Gasteiger partial charge in [-0.05, 0) is 29.8 Å². The molecular weight excluding hydrogens is 238 g/mol. The number of hydrogen-bond donors (Lipinski definition) is 1. The molecule has 0 bridgehead atoms. The van der Waals surface area contributed by atoms with E-state index in [1.165, 1.54) is 10.8 Å². The zero-order valence-electron chi connectivity index (χ0n) is 11.2. The lowest BCUT2D eigenvalue weighted by atomic mass is 9.97. The molecule has 0 atom stereocenters. The molecule has 1 fully saturated rings. The lowest BCUT2D eigenvalue weighted by Crippen LogP contribution is -2.60. The fourth-order valence-corrected chi connectivity index (χ4v) is 2.63. The van der Waals surface area contributed by atoms with E-state index in [9.17, 15) is 5.11 Å². The first-order valence-electron chi connectivity index (χ1n) is 6.69. The summed E-state index contributed by atoms with van der Waals surface area (Å²) in [5.74, 6) is 0.908. The molecule has 0 aliphatic carbocycles. The molecule has 3 heteroatoms. The monoisotopic (exact) mass is 257 g/mol. The summed E-state index contributed by atoms with van der Waals surface area (Å²) in [5.41, 5.74) is -0.497. The standard InChI is InChI=1S/C16H19NO2/c1-16(18)11-17(12-16)8-9-19-15-7-6-13-4-2-3-5-14(13)10-15/h2-7,10,18H,8-9,11-12H2,1H3. The smallest absolute Gasteiger partial charge is 0.120 e. The van der Waals surface area contributed by atoms with Crippen molar-refractivity contribution in [1.29, 1.82) is 0 Å². The summed E-state index contributed by atoms with van der Waals surface area (Å²) < 4.78 is 5.77. The third-order valence-corrected chi connectivity index (χ3v) is 3.53. The Morgan fingerprint density at radius 2 is 1.89 bits per heavy atom. The van der Waals surface area contributed by atoms with E-state index >= 15 is 0 Å². The number of hydrogen-bond acceptors (Lipinski definition) is 3. The fraction of sp³-hybridized carbons (Fsp3) is 0.375. The predicted octanol–water partition coefficient (Wildman–Crippen LogP) is 2.29. The number of aliphatic hydroxyl groups is 1. The Bertz CT molecular complexity index is 572. The van der Waals surface area contributed by atoms with Gasteiger partial charge in [-0.3, -0.25) is 4.90 Å². The third kappa shape index (κ3) is 2.88. The maximum absolute atomic E-state index is 9.64. The Kier molecular flexibility index (Phi) is 3.17. The summed E-state index contributed by atoms with van der Waals surface area (Å²) in [6.45, 7) is 4.88. The molecule has 1 saturated heterocycles. The molecule has 3 rings (SSSR count). The average Bonchev–Trinajstić information content (AvgIpc) is 2.36. The molecule has 0 amide bonds. The van der Waals surface area contributed by atoms with Crippen molar-refractivity contribution in [2.75, 3.05) is 26.2 Å². The predicted molar refractivity (Wildman–Crippen MR) is 76.5 cm³/mol. The molecule has 0 unspecified atom stereocenters. The molecule has 0 spiro atoms. The number of ether oxygens (including phenoxy) is 1. The summed E-state index contributed by atoms with van der Waals surface area (Å²) >= 11 is 0. The van der Waals surface area contributed by atoms with Crippen molar-refractivity contribution in [3.8, 4) is 5.75 Å². The van der Waals surface area contributed by atoms with Gasteiger partial charge < -0.3 is 9.84 Å². The number of fused-ring (bicyclic) bond motifs is 1. The number of nitrogens with zero attached hydrogens (tertiary/aromatic N) is 1. The maximum atomic E-state index is 9.64. The van der Waals surface area contributed by atoms with Crippen LogP contribution in [-0.2, 0) is 0 Å². The third-order valence-electron chi connectivity index (χ3n) is 3.53. The van der Waals surface area contributed by atoms with Crippen molar-refractivity contribution < 1.29 is 9.84 Å². The van der Waals surface area contributed by atoms with Crippen LogP contribution in [-0.4, -0.2) is 41.8 Å². The van der Waals surface area contributed by atoms with Crippen LogP contribution >= 0.6 is 0 Å². The van der Waals surface area contributed by atoms with Crippen molar-refractivity contribution in [2.24, 2.45) is 0 Å². The van der Waals surface area contributed by atoms with Gasteiger partial charge in [0.15, 0.2) is 0 Å². The summed E-state index contributed by atoms with van der Waals surface area (Å²) in [6, 6.07) is 14.4. The topological polar surface area (TPSA) is 32.7 Å². The van der Waals surface area contributed by atoms with Gasteiger partial charge in [0.25, 0.3) is 0 Å². The first-order valence-corrected chi connectivity index (χ1v) is 6.69. The molecule has 100 valence electrons. The highest BCUT2D eigenvalue weighted by Gasteiger charge is 2.35. The molecule has 2 aromatic carbocycles. The van der Waals surface area contributed by atoms with E-state index < -0.39 is 5.60 Å². The Balaban J connectivity index is 1.54. The molecule has 19 heavy (non-hydrogen) atoms. The minimum atomic E-state index is -0.497. The Morgan fingerprint density at radius 1 is 1.16 bits per heavy atom. The SMILES string of the molecule is CC1(O)CN(CCOc2ccc3ccccc3c2)C1. The number of rotatable bonds is 4. The van der Waals surface area contributed by atoms with Crippen LogP contribution in [0.2, 0.25) is 0 Å². The highest BCUT2D eigenvalue weighted by Crippen LogP contribution is 2.21. The Labute approximate surface area is 113 Å². The first-order chi connectivity index (χ1) is 9.12. The van der Waals surface area contributed by atoms with E-state index in [1.807, 2.05) is 25.1 Å². The zero-order chi connectivity index (χ0) is 13.3. The van der Waals surface area contributed by atoms with Gasteiger partial charge in [0.05, 0.1) is 5.60 Å². The van der Waals surface area contributed by atoms with Gasteiger partial charge in [0.2, 0.25) is 0 Å². The molecule has 1 aliphatic heterocycles. The quantitative estimate of drug-likeness (QED) is 0.912. The van der Waals surface area contributed by atoms with E-state index in [-0.39, 0.29) is 0 Å². The van der Waals surface area contributed by atoms with Crippen molar-refractivity contribution >= 4 is 10.8 Å². The molecule has 3 nitrogen and oxygen atoms in total. The largest absolute Gasteiger partial charge is 0.492 e. The van der Waals surface area contributed by atoms with E-state index in [1.54, 1.807) is 0 Å². The van der Waals surface area contributed by atoms with E-state index in [2.05, 4.69) is 29.2 Å². The lowest BCUT2D eigenvalue weighted by molar-refractivity contribution is -0.0859. The highest BCUT2D eigenvalue weighted by atomic mass is 16.5. The van der Waals surface area contributed by atoms with Crippen LogP contribution in [0.25, 0.3) is 10.8 Å². The van der Waals surface area contributed by atoms with E-state index in [0.29, 0.717) is 6.61 Å². The molecule has 0 aromatic heterocycles. The molecule has 1 heterocycles. The summed E-state index contributed by atoms with van der Waals surface area (Å²) in [6.07, 6.45) is 0. The summed E-state index contributed by atoms with van der Waals surface area (Å²) in [4.78, 5) is 2.20. The fourth-order valence-electron chi connectivity index (χ4n) is 2.63. The van der Waals surface area contributed by atoms with Crippen molar-refractivity contribution in [3.63, 3.8) is 0 Å². The Morgan fingerprint density at radius 3 is 2.63 bits per heavy atom. The van der Waals surface area contributed by atoms with Gasteiger partial charge >= 0.3 is 0 Å². The van der Waals surface area contributed by atoms with Crippen LogP contribution in [0.3, 0.4) is 0 Å². The molecule has 1 aliphatic rings. The van der Waals surface area contributed by atoms with Gasteiger partial charge in [0, 0.05) is 19.6 Å². The normalized spacial score (nSPS) is 18.2. The minimum absolute atomic E-state index is 0.497. The van der Waals surface area contributed by atoms with Crippen LogP contribution in [0, 0.1) is 0 Å². The summed E-state index contributed by atoms with van der Waals surface area (Å²) in [7, 11) is 0. The number of β-amino-alcohol motifs (C(OH)–C–C–N with tert-alkyl or cyclic N) is 1. The van der Waals surface area contributed by atoms with Crippen molar-refractivity contribution in [2.45, 2.75) is 12.5 Å². The molecule has 1 N–H and O–H groups in total. The molecular formula is C16H19NO2. The second kappa shape index (κ2) is 4.83. The van der Waals surface area contributed by atoms with Crippen LogP contribution in [0.4, 0.5) is 0 Å². The van der Waals surface area contributed by atoms with Crippen LogP contribution in [0.15, 0.2) is 42.5 Å². The average molecular weight is 257 g/mol.